The fourth-order valence-corrected chi connectivity index (χ4v) is 3.66. The molecule has 1 aromatic heterocycles. The number of nitrogens with zero attached hydrogens (tertiary/aromatic N) is 3. The number of benzene rings is 2. The summed E-state index contributed by atoms with van der Waals surface area (Å²) in [6, 6.07) is 16.0. The second-order valence-corrected chi connectivity index (χ2v) is 7.53. The van der Waals surface area contributed by atoms with Crippen LogP contribution in [0.1, 0.15) is 18.3 Å². The summed E-state index contributed by atoms with van der Waals surface area (Å²) in [5, 5.41) is 12.1. The van der Waals surface area contributed by atoms with E-state index in [1.807, 2.05) is 41.8 Å². The van der Waals surface area contributed by atoms with Crippen molar-refractivity contribution in [2.75, 3.05) is 19.5 Å². The van der Waals surface area contributed by atoms with Crippen molar-refractivity contribution in [2.24, 2.45) is 0 Å². The van der Waals surface area contributed by atoms with Gasteiger partial charge in [0.1, 0.15) is 11.6 Å². The first kappa shape index (κ1) is 21.0. The van der Waals surface area contributed by atoms with Crippen molar-refractivity contribution in [3.05, 3.63) is 71.8 Å². The number of hydrogen-bond acceptors (Lipinski definition) is 5. The van der Waals surface area contributed by atoms with Crippen molar-refractivity contribution < 1.29 is 13.9 Å². The SMILES string of the molecule is COC[C@H](C)NC(=O)CSc1nnc(Cc2ccccc2)n1-c1ccc(F)cc1. The van der Waals surface area contributed by atoms with Gasteiger partial charge >= 0.3 is 0 Å². The molecule has 0 fully saturated rings. The van der Waals surface area contributed by atoms with Crippen molar-refractivity contribution in [2.45, 2.75) is 24.5 Å². The number of thioether (sulfide) groups is 1. The smallest absolute Gasteiger partial charge is 0.230 e. The molecule has 0 radical (unpaired) electrons. The molecule has 1 N–H and O–H groups in total. The highest BCUT2D eigenvalue weighted by molar-refractivity contribution is 7.99. The Morgan fingerprint density at radius 1 is 1.17 bits per heavy atom. The van der Waals surface area contributed by atoms with E-state index in [1.54, 1.807) is 19.2 Å². The summed E-state index contributed by atoms with van der Waals surface area (Å²) in [7, 11) is 1.59. The van der Waals surface area contributed by atoms with Crippen LogP contribution in [-0.2, 0) is 16.0 Å². The number of methoxy groups -OCH3 is 1. The van der Waals surface area contributed by atoms with Crippen LogP contribution >= 0.6 is 11.8 Å². The largest absolute Gasteiger partial charge is 0.383 e. The number of aromatic nitrogens is 3. The molecule has 0 aliphatic carbocycles. The van der Waals surface area contributed by atoms with Gasteiger partial charge in [-0.15, -0.1) is 10.2 Å². The predicted octanol–water partition coefficient (Wildman–Crippen LogP) is 3.24. The zero-order valence-corrected chi connectivity index (χ0v) is 17.2. The number of rotatable bonds is 9. The molecule has 0 bridgehead atoms. The van der Waals surface area contributed by atoms with E-state index in [0.29, 0.717) is 18.2 Å². The minimum atomic E-state index is -0.313. The monoisotopic (exact) mass is 414 g/mol. The Morgan fingerprint density at radius 2 is 1.90 bits per heavy atom. The first-order valence-electron chi connectivity index (χ1n) is 9.22. The molecule has 1 amide bonds. The molecule has 0 spiro atoms. The second kappa shape index (κ2) is 10.2. The zero-order valence-electron chi connectivity index (χ0n) is 16.3. The van der Waals surface area contributed by atoms with Crippen molar-refractivity contribution in [3.63, 3.8) is 0 Å². The lowest BCUT2D eigenvalue weighted by molar-refractivity contribution is -0.119. The van der Waals surface area contributed by atoms with Gasteiger partial charge in [0.2, 0.25) is 5.91 Å². The highest BCUT2D eigenvalue weighted by Gasteiger charge is 2.17. The molecule has 3 rings (SSSR count). The summed E-state index contributed by atoms with van der Waals surface area (Å²) >= 11 is 1.29. The minimum Gasteiger partial charge on any atom is -0.383 e. The van der Waals surface area contributed by atoms with Crippen LogP contribution in [-0.4, -0.2) is 46.2 Å². The molecule has 29 heavy (non-hydrogen) atoms. The van der Waals surface area contributed by atoms with E-state index in [0.717, 1.165) is 17.1 Å². The van der Waals surface area contributed by atoms with Crippen molar-refractivity contribution in [1.29, 1.82) is 0 Å². The van der Waals surface area contributed by atoms with E-state index >= 15 is 0 Å². The molecule has 0 aliphatic rings. The molecule has 0 aliphatic heterocycles. The van der Waals surface area contributed by atoms with Gasteiger partial charge in [0.15, 0.2) is 5.16 Å². The fraction of sp³-hybridized carbons (Fsp3) is 0.286. The van der Waals surface area contributed by atoms with E-state index in [2.05, 4.69) is 15.5 Å². The van der Waals surface area contributed by atoms with Crippen LogP contribution in [0, 0.1) is 5.82 Å². The van der Waals surface area contributed by atoms with E-state index in [4.69, 9.17) is 4.74 Å². The third-order valence-electron chi connectivity index (χ3n) is 4.15. The standard InChI is InChI=1S/C21H23FN4O2S/c1-15(13-28-2)23-20(27)14-29-21-25-24-19(12-16-6-4-3-5-7-16)26(21)18-10-8-17(22)9-11-18/h3-11,15H,12-14H2,1-2H3,(H,23,27)/t15-/m0/s1. The third-order valence-corrected chi connectivity index (χ3v) is 5.08. The van der Waals surface area contributed by atoms with Gasteiger partial charge in [0.25, 0.3) is 0 Å². The van der Waals surface area contributed by atoms with Gasteiger partial charge in [-0.1, -0.05) is 42.1 Å². The highest BCUT2D eigenvalue weighted by Crippen LogP contribution is 2.23. The van der Waals surface area contributed by atoms with Crippen LogP contribution in [0.3, 0.4) is 0 Å². The maximum absolute atomic E-state index is 13.4. The first-order chi connectivity index (χ1) is 14.1. The van der Waals surface area contributed by atoms with Gasteiger partial charge in [-0.25, -0.2) is 4.39 Å². The lowest BCUT2D eigenvalue weighted by atomic mass is 10.1. The lowest BCUT2D eigenvalue weighted by Gasteiger charge is -2.13. The fourth-order valence-electron chi connectivity index (χ4n) is 2.87. The number of carbonyl (C=O) groups excluding carboxylic acids is 1. The maximum atomic E-state index is 13.4. The van der Waals surface area contributed by atoms with Crippen molar-refractivity contribution in [1.82, 2.24) is 20.1 Å². The Bertz CT molecular complexity index is 932. The normalized spacial score (nSPS) is 12.0. The molecule has 0 saturated heterocycles. The van der Waals surface area contributed by atoms with E-state index in [9.17, 15) is 9.18 Å². The van der Waals surface area contributed by atoms with Gasteiger partial charge in [-0.2, -0.15) is 0 Å². The van der Waals surface area contributed by atoms with Gasteiger partial charge < -0.3 is 10.1 Å². The summed E-state index contributed by atoms with van der Waals surface area (Å²) in [6.07, 6.45) is 0.572. The Balaban J connectivity index is 1.81. The number of halogens is 1. The summed E-state index contributed by atoms with van der Waals surface area (Å²) < 4.78 is 20.3. The molecular formula is C21H23FN4O2S. The molecule has 0 saturated carbocycles. The molecule has 1 atom stereocenters. The Kier molecular flexibility index (Phi) is 7.37. The van der Waals surface area contributed by atoms with Gasteiger partial charge in [0, 0.05) is 25.3 Å². The number of carbonyl (C=O) groups is 1. The highest BCUT2D eigenvalue weighted by atomic mass is 32.2. The number of nitrogens with one attached hydrogen (secondary N) is 1. The molecule has 6 nitrogen and oxygen atoms in total. The van der Waals surface area contributed by atoms with Crippen LogP contribution in [0.2, 0.25) is 0 Å². The van der Waals surface area contributed by atoms with Crippen molar-refractivity contribution in [3.8, 4) is 5.69 Å². The number of hydrogen-bond donors (Lipinski definition) is 1. The zero-order chi connectivity index (χ0) is 20.6. The quantitative estimate of drug-likeness (QED) is 0.545. The average Bonchev–Trinajstić information content (AvgIpc) is 3.10. The number of amides is 1. The third kappa shape index (κ3) is 5.88. The minimum absolute atomic E-state index is 0.0725. The van der Waals surface area contributed by atoms with Gasteiger partial charge in [-0.05, 0) is 36.8 Å². The van der Waals surface area contributed by atoms with Crippen LogP contribution in [0.4, 0.5) is 4.39 Å². The van der Waals surface area contributed by atoms with Crippen LogP contribution in [0.25, 0.3) is 5.69 Å². The van der Waals surface area contributed by atoms with Crippen LogP contribution < -0.4 is 5.32 Å². The summed E-state index contributed by atoms with van der Waals surface area (Å²) in [5.41, 5.74) is 1.84. The maximum Gasteiger partial charge on any atom is 0.230 e. The average molecular weight is 415 g/mol. The summed E-state index contributed by atoms with van der Waals surface area (Å²) in [6.45, 7) is 2.33. The van der Waals surface area contributed by atoms with E-state index in [1.165, 1.54) is 23.9 Å². The second-order valence-electron chi connectivity index (χ2n) is 6.59. The van der Waals surface area contributed by atoms with Crippen LogP contribution in [0.15, 0.2) is 59.8 Å². The topological polar surface area (TPSA) is 69.0 Å². The first-order valence-corrected chi connectivity index (χ1v) is 10.2. The summed E-state index contributed by atoms with van der Waals surface area (Å²) in [5.74, 6) is 0.488. The number of ether oxygens (including phenoxy) is 1. The van der Waals surface area contributed by atoms with Crippen LogP contribution in [0.5, 0.6) is 0 Å². The van der Waals surface area contributed by atoms with Crippen molar-refractivity contribution >= 4 is 17.7 Å². The Labute approximate surface area is 173 Å². The molecule has 8 heteroatoms. The summed E-state index contributed by atoms with van der Waals surface area (Å²) in [4.78, 5) is 12.2. The molecule has 152 valence electrons. The Hall–Kier alpha value is -2.71. The molecule has 0 unspecified atom stereocenters. The molecule has 3 aromatic rings. The van der Waals surface area contributed by atoms with Gasteiger partial charge in [0.05, 0.1) is 12.4 Å². The molecular weight excluding hydrogens is 391 g/mol. The van der Waals surface area contributed by atoms with E-state index in [-0.39, 0.29) is 23.5 Å². The van der Waals surface area contributed by atoms with Gasteiger partial charge in [-0.3, -0.25) is 9.36 Å². The Morgan fingerprint density at radius 3 is 2.59 bits per heavy atom. The molecule has 2 aromatic carbocycles. The lowest BCUT2D eigenvalue weighted by Crippen LogP contribution is -2.36. The van der Waals surface area contributed by atoms with E-state index < -0.39 is 0 Å². The predicted molar refractivity (Wildman–Crippen MR) is 111 cm³/mol. The molecule has 1 heterocycles.